The highest BCUT2D eigenvalue weighted by Gasteiger charge is 2.36. The van der Waals surface area contributed by atoms with Gasteiger partial charge in [0.1, 0.15) is 133 Å². The molecule has 728 valence electrons. The third-order valence-corrected chi connectivity index (χ3v) is 24.7. The highest BCUT2D eigenvalue weighted by molar-refractivity contribution is 5.76. The molecule has 16 aromatic carbocycles. The van der Waals surface area contributed by atoms with E-state index in [0.29, 0.717) is 116 Å². The first-order valence-corrected chi connectivity index (χ1v) is 47.0. The molecule has 0 saturated carbocycles. The molecule has 16 aromatic rings. The number of aliphatic hydroxyl groups excluding tert-OH is 2. The van der Waals surface area contributed by atoms with Crippen molar-refractivity contribution in [2.75, 3.05) is 0 Å². The Morgan fingerprint density at radius 3 is 1.01 bits per heavy atom. The quantitative estimate of drug-likeness (QED) is 0.0204. The van der Waals surface area contributed by atoms with Crippen LogP contribution in [0.25, 0.3) is 24.0 Å². The number of phenols is 8. The van der Waals surface area contributed by atoms with E-state index < -0.39 is 18.3 Å². The van der Waals surface area contributed by atoms with Gasteiger partial charge in [-0.1, -0.05) is 261 Å². The van der Waals surface area contributed by atoms with Crippen LogP contribution >= 0.6 is 0 Å². The van der Waals surface area contributed by atoms with Gasteiger partial charge in [0.05, 0.1) is 16.7 Å². The number of allylic oxidation sites excluding steroid dienone is 1. The Labute approximate surface area is 834 Å². The van der Waals surface area contributed by atoms with Gasteiger partial charge in [0.2, 0.25) is 0 Å². The van der Waals surface area contributed by atoms with E-state index in [2.05, 4.69) is 161 Å². The Morgan fingerprint density at radius 2 is 0.590 bits per heavy atom. The van der Waals surface area contributed by atoms with Crippen molar-refractivity contribution in [1.29, 1.82) is 0 Å². The first kappa shape index (κ1) is 97.7. The molecule has 0 amide bonds. The summed E-state index contributed by atoms with van der Waals surface area (Å²) in [5.74, 6) is 5.96. The molecule has 0 aromatic heterocycles. The number of aryl methyl sites for hydroxylation is 2. The van der Waals surface area contributed by atoms with E-state index in [9.17, 15) is 51.1 Å². The summed E-state index contributed by atoms with van der Waals surface area (Å²) in [6.45, 7) is 14.7. The van der Waals surface area contributed by atoms with Gasteiger partial charge in [0.25, 0.3) is 0 Å². The van der Waals surface area contributed by atoms with Crippen molar-refractivity contribution in [3.8, 4) is 103 Å². The van der Waals surface area contributed by atoms with E-state index in [1.807, 2.05) is 164 Å². The summed E-state index contributed by atoms with van der Waals surface area (Å²) in [7, 11) is 0. The molecule has 0 fully saturated rings. The molecule has 2 unspecified atom stereocenters. The number of ether oxygens (including phenoxy) is 12. The molecular weight excluding hydrogens is 1820 g/mol. The van der Waals surface area contributed by atoms with Crippen LogP contribution in [0.2, 0.25) is 0 Å². The third kappa shape index (κ3) is 23.6. The van der Waals surface area contributed by atoms with Gasteiger partial charge in [-0.05, 0) is 170 Å². The number of rotatable bonds is 28. The minimum atomic E-state index is -0.916. The van der Waals surface area contributed by atoms with E-state index >= 15 is 0 Å². The molecule has 3 atom stereocenters. The Bertz CT molecular complexity index is 7210. The van der Waals surface area contributed by atoms with Crippen LogP contribution in [0.15, 0.2) is 363 Å². The maximum absolute atomic E-state index is 10.2. The number of hydrogen-bond donors (Lipinski definition) is 10. The first-order valence-electron chi connectivity index (χ1n) is 47.0. The molecule has 20 rings (SSSR count). The summed E-state index contributed by atoms with van der Waals surface area (Å²) in [4.78, 5) is 0. The van der Waals surface area contributed by atoms with Crippen molar-refractivity contribution in [3.05, 3.63) is 485 Å². The topological polar surface area (TPSA) is 313 Å². The maximum atomic E-state index is 10.2. The standard InChI is InChI=1S/2C45H40O5.2C16H14O6/c2*1-32-25-41(47-29-35-17-9-4-10-18-35)39-27-43(48-30-36-19-11-5-12-20-36)45(50-42(39)26-32)38-23-24-40(46-28-34-15-7-3-8-16-34)44(33(38)2)49-31-37-21-13-6-14-22-37;2*1-7-9(2-3-11(18)15(7)21)16-13(20)6-10-12(19)4-8(17)5-14(10)22-16/h3-26H,27-31H2,1-2H3;3-27,45H,28-31H2,1-2H3;2*2-6,16-21H,1H3/t;;16-;/m..1./s1. The summed E-state index contributed by atoms with van der Waals surface area (Å²) in [5, 5.41) is 97.5. The number of aromatic hydroxyl groups is 8. The monoisotopic (exact) mass is 1920 g/mol. The maximum Gasteiger partial charge on any atom is 0.181 e. The zero-order valence-electron chi connectivity index (χ0n) is 80.0. The second-order valence-corrected chi connectivity index (χ2v) is 35.0. The largest absolute Gasteiger partial charge is 0.508 e. The third-order valence-electron chi connectivity index (χ3n) is 24.7. The van der Waals surface area contributed by atoms with E-state index in [1.54, 1.807) is 13.8 Å². The lowest BCUT2D eigenvalue weighted by Gasteiger charge is -2.30. The average Bonchev–Trinajstić information content (AvgIpc) is 0.765. The Hall–Kier alpha value is -17.9. The van der Waals surface area contributed by atoms with Crippen molar-refractivity contribution in [2.45, 2.75) is 119 Å². The van der Waals surface area contributed by atoms with Gasteiger partial charge in [-0.15, -0.1) is 0 Å². The fourth-order valence-electron chi connectivity index (χ4n) is 17.0. The van der Waals surface area contributed by atoms with Gasteiger partial charge in [-0.2, -0.15) is 0 Å². The molecule has 0 radical (unpaired) electrons. The number of hydrogen-bond acceptors (Lipinski definition) is 22. The van der Waals surface area contributed by atoms with Crippen LogP contribution in [-0.2, 0) is 68.7 Å². The Morgan fingerprint density at radius 1 is 0.264 bits per heavy atom. The summed E-state index contributed by atoms with van der Waals surface area (Å²) in [5.41, 5.74) is 18.3. The van der Waals surface area contributed by atoms with Gasteiger partial charge in [-0.25, -0.2) is 0 Å². The van der Waals surface area contributed by atoms with E-state index in [4.69, 9.17) is 56.8 Å². The predicted molar refractivity (Wildman–Crippen MR) is 551 cm³/mol. The molecule has 10 N–H and O–H groups in total. The van der Waals surface area contributed by atoms with E-state index in [0.717, 1.165) is 130 Å². The van der Waals surface area contributed by atoms with Crippen molar-refractivity contribution in [1.82, 2.24) is 0 Å². The van der Waals surface area contributed by atoms with Crippen molar-refractivity contribution < 1.29 is 108 Å². The van der Waals surface area contributed by atoms with Crippen LogP contribution in [0.4, 0.5) is 0 Å². The minimum absolute atomic E-state index is 0.165. The minimum Gasteiger partial charge on any atom is -0.508 e. The van der Waals surface area contributed by atoms with Crippen molar-refractivity contribution >= 4 is 24.0 Å². The zero-order chi connectivity index (χ0) is 100. The predicted octanol–water partition coefficient (Wildman–Crippen LogP) is 27.0. The lowest BCUT2D eigenvalue weighted by molar-refractivity contribution is 0.106. The van der Waals surface area contributed by atoms with E-state index in [-0.39, 0.29) is 80.1 Å². The SMILES string of the molecule is Cc1c(C2Oc3cc(O)cc(O)c3C=C2O)ccc(O)c1O.Cc1c([C@H]2Oc3cc(O)cc(O)c3C=C2O)ccc(O)c1O.Cc1cc(OCc2ccccc2)c2c(c1)OC(c1ccc(OCc3ccccc3)c(OCc3ccccc3)c1C)=C(OCc1ccccc1)C2.Cc1cc(OCc2ccccc2)c2c(c1)OC(c1ccc(OCc3ccccc3)c(OCc3ccccc3)c1C)C(OCc1ccccc1)=C2. The Balaban J connectivity index is 0.000000141. The van der Waals surface area contributed by atoms with Crippen molar-refractivity contribution in [3.63, 3.8) is 0 Å². The smallest absolute Gasteiger partial charge is 0.181 e. The average molecular weight is 1930 g/mol. The van der Waals surface area contributed by atoms with Crippen LogP contribution in [0.5, 0.6) is 103 Å². The van der Waals surface area contributed by atoms with Gasteiger partial charge in [0, 0.05) is 80.8 Å². The van der Waals surface area contributed by atoms with Gasteiger partial charge < -0.3 is 108 Å². The number of phenolic OH excluding ortho intramolecular Hbond substituents is 8. The second kappa shape index (κ2) is 45.3. The van der Waals surface area contributed by atoms with Crippen LogP contribution in [0.1, 0.15) is 141 Å². The lowest BCUT2D eigenvalue weighted by atomic mass is 9.96. The molecule has 0 saturated heterocycles. The summed E-state index contributed by atoms with van der Waals surface area (Å²) in [6, 6.07) is 108. The van der Waals surface area contributed by atoms with Crippen LogP contribution < -0.4 is 47.4 Å². The highest BCUT2D eigenvalue weighted by atomic mass is 16.6. The molecule has 4 heterocycles. The summed E-state index contributed by atoms with van der Waals surface area (Å²) < 4.78 is 77.0. The van der Waals surface area contributed by atoms with Gasteiger partial charge >= 0.3 is 0 Å². The molecule has 4 aliphatic heterocycles. The van der Waals surface area contributed by atoms with E-state index in [1.165, 1.54) is 48.6 Å². The molecule has 144 heavy (non-hydrogen) atoms. The molecule has 22 nitrogen and oxygen atoms in total. The van der Waals surface area contributed by atoms with Gasteiger partial charge in [0.15, 0.2) is 70.1 Å². The molecule has 22 heteroatoms. The summed E-state index contributed by atoms with van der Waals surface area (Å²) in [6.07, 6.45) is 2.88. The normalized spacial score (nSPS) is 13.9. The van der Waals surface area contributed by atoms with Crippen molar-refractivity contribution in [2.24, 2.45) is 0 Å². The molecular formula is C122H108O22. The van der Waals surface area contributed by atoms with Crippen LogP contribution in [-0.4, -0.2) is 51.1 Å². The highest BCUT2D eigenvalue weighted by Crippen LogP contribution is 2.52. The van der Waals surface area contributed by atoms with Gasteiger partial charge in [-0.3, -0.25) is 0 Å². The molecule has 0 aliphatic carbocycles. The molecule has 4 aliphatic rings. The first-order chi connectivity index (χ1) is 70.0. The second-order valence-electron chi connectivity index (χ2n) is 35.0. The molecule has 0 bridgehead atoms. The Kier molecular flexibility index (Phi) is 30.8. The van der Waals surface area contributed by atoms with Crippen LogP contribution in [0.3, 0.4) is 0 Å². The number of benzene rings is 16. The summed E-state index contributed by atoms with van der Waals surface area (Å²) >= 11 is 0. The number of aliphatic hydroxyl groups is 2. The molecule has 0 spiro atoms. The zero-order valence-corrected chi connectivity index (χ0v) is 80.0. The number of fused-ring (bicyclic) bond motifs is 4. The van der Waals surface area contributed by atoms with Crippen LogP contribution in [0, 0.1) is 41.5 Å². The fraction of sp³-hybridized carbons (Fsp3) is 0.148. The lowest BCUT2D eigenvalue weighted by Crippen LogP contribution is -2.19. The fourth-order valence-corrected chi connectivity index (χ4v) is 17.0.